The molecule has 0 bridgehead atoms. The summed E-state index contributed by atoms with van der Waals surface area (Å²) in [5.74, 6) is -0.177. The Morgan fingerprint density at radius 1 is 1.07 bits per heavy atom. The predicted octanol–water partition coefficient (Wildman–Crippen LogP) is 4.03. The number of imidazole rings is 1. The topological polar surface area (TPSA) is 59.8 Å². The van der Waals surface area contributed by atoms with Crippen molar-refractivity contribution in [2.24, 2.45) is 0 Å². The number of halogens is 3. The van der Waals surface area contributed by atoms with Gasteiger partial charge in [-0.25, -0.2) is 9.97 Å². The highest BCUT2D eigenvalue weighted by atomic mass is 19.4. The Bertz CT molecular complexity index is 969. The van der Waals surface area contributed by atoms with Crippen LogP contribution in [-0.2, 0) is 17.5 Å². The number of carbonyl (C=O) groups excluding carboxylic acids is 1. The summed E-state index contributed by atoms with van der Waals surface area (Å²) >= 11 is 0. The molecular formula is C19H19F3N4O. The van der Waals surface area contributed by atoms with Crippen LogP contribution in [0.3, 0.4) is 0 Å². The van der Waals surface area contributed by atoms with Crippen molar-refractivity contribution in [2.75, 3.05) is 0 Å². The Morgan fingerprint density at radius 3 is 2.33 bits per heavy atom. The molecule has 0 aliphatic rings. The van der Waals surface area contributed by atoms with Crippen molar-refractivity contribution in [3.05, 3.63) is 48.3 Å². The third kappa shape index (κ3) is 4.45. The van der Waals surface area contributed by atoms with E-state index in [2.05, 4.69) is 15.3 Å². The first-order chi connectivity index (χ1) is 12.5. The SMILES string of the molecule is CC(C)(C)NC(=O)Cn1cnc2ccc(-c3ccc(C(F)(F)F)cc3)nc21. The second-order valence-electron chi connectivity index (χ2n) is 7.28. The van der Waals surface area contributed by atoms with Gasteiger partial charge >= 0.3 is 6.18 Å². The largest absolute Gasteiger partial charge is 0.416 e. The van der Waals surface area contributed by atoms with Gasteiger partial charge in [0.15, 0.2) is 5.65 Å². The standard InChI is InChI=1S/C19H19F3N4O/c1-18(2,3)25-16(27)10-26-11-23-15-9-8-14(24-17(15)26)12-4-6-13(7-5-12)19(20,21)22/h4-9,11H,10H2,1-3H3,(H,25,27). The molecule has 0 fully saturated rings. The molecule has 0 unspecified atom stereocenters. The Balaban J connectivity index is 1.90. The van der Waals surface area contributed by atoms with E-state index in [0.717, 1.165) is 12.1 Å². The van der Waals surface area contributed by atoms with Crippen molar-refractivity contribution in [1.29, 1.82) is 0 Å². The number of aromatic nitrogens is 3. The van der Waals surface area contributed by atoms with Crippen LogP contribution < -0.4 is 5.32 Å². The van der Waals surface area contributed by atoms with Crippen LogP contribution in [0.4, 0.5) is 13.2 Å². The number of hydrogen-bond donors (Lipinski definition) is 1. The van der Waals surface area contributed by atoms with Crippen LogP contribution in [0.5, 0.6) is 0 Å². The van der Waals surface area contributed by atoms with Gasteiger partial charge in [-0.3, -0.25) is 4.79 Å². The van der Waals surface area contributed by atoms with Crippen LogP contribution in [0.2, 0.25) is 0 Å². The van der Waals surface area contributed by atoms with Crippen LogP contribution >= 0.6 is 0 Å². The van der Waals surface area contributed by atoms with Gasteiger partial charge in [0.05, 0.1) is 17.6 Å². The second kappa shape index (κ2) is 6.68. The smallest absolute Gasteiger partial charge is 0.350 e. The van der Waals surface area contributed by atoms with Gasteiger partial charge in [0.1, 0.15) is 12.1 Å². The Labute approximate surface area is 154 Å². The fourth-order valence-electron chi connectivity index (χ4n) is 2.66. The molecule has 2 heterocycles. The number of rotatable bonds is 3. The van der Waals surface area contributed by atoms with Crippen molar-refractivity contribution < 1.29 is 18.0 Å². The molecule has 8 heteroatoms. The third-order valence-electron chi connectivity index (χ3n) is 3.80. The number of fused-ring (bicyclic) bond motifs is 1. The molecule has 0 spiro atoms. The molecular weight excluding hydrogens is 357 g/mol. The molecule has 3 rings (SSSR count). The molecule has 1 aromatic carbocycles. The molecule has 0 radical (unpaired) electrons. The van der Waals surface area contributed by atoms with Crippen LogP contribution in [0.15, 0.2) is 42.7 Å². The lowest BCUT2D eigenvalue weighted by Crippen LogP contribution is -2.42. The Kier molecular flexibility index (Phi) is 4.67. The average molecular weight is 376 g/mol. The number of benzene rings is 1. The van der Waals surface area contributed by atoms with Crippen molar-refractivity contribution in [3.8, 4) is 11.3 Å². The normalized spacial score (nSPS) is 12.4. The maximum Gasteiger partial charge on any atom is 0.416 e. The first-order valence-electron chi connectivity index (χ1n) is 8.33. The first kappa shape index (κ1) is 18.9. The molecule has 5 nitrogen and oxygen atoms in total. The molecule has 1 N–H and O–H groups in total. The minimum absolute atomic E-state index is 0.0528. The lowest BCUT2D eigenvalue weighted by Gasteiger charge is -2.20. The predicted molar refractivity (Wildman–Crippen MR) is 95.9 cm³/mol. The average Bonchev–Trinajstić information content (AvgIpc) is 2.94. The van der Waals surface area contributed by atoms with Gasteiger partial charge in [0.2, 0.25) is 5.91 Å². The van der Waals surface area contributed by atoms with Gasteiger partial charge in [0.25, 0.3) is 0 Å². The van der Waals surface area contributed by atoms with E-state index < -0.39 is 11.7 Å². The van der Waals surface area contributed by atoms with Crippen LogP contribution in [0, 0.1) is 0 Å². The Morgan fingerprint density at radius 2 is 1.74 bits per heavy atom. The van der Waals surface area contributed by atoms with Gasteiger partial charge in [-0.15, -0.1) is 0 Å². The summed E-state index contributed by atoms with van der Waals surface area (Å²) in [5.41, 5.74) is 1.10. The zero-order chi connectivity index (χ0) is 19.8. The molecule has 0 atom stereocenters. The second-order valence-corrected chi connectivity index (χ2v) is 7.28. The minimum atomic E-state index is -4.38. The van der Waals surface area contributed by atoms with Gasteiger partial charge < -0.3 is 9.88 Å². The van der Waals surface area contributed by atoms with Crippen molar-refractivity contribution in [3.63, 3.8) is 0 Å². The fraction of sp³-hybridized carbons (Fsp3) is 0.316. The number of nitrogens with zero attached hydrogens (tertiary/aromatic N) is 3. The van der Waals surface area contributed by atoms with E-state index in [-0.39, 0.29) is 18.0 Å². The zero-order valence-corrected chi connectivity index (χ0v) is 15.1. The van der Waals surface area contributed by atoms with E-state index in [0.29, 0.717) is 22.4 Å². The van der Waals surface area contributed by atoms with Crippen molar-refractivity contribution >= 4 is 17.1 Å². The Hall–Kier alpha value is -2.90. The summed E-state index contributed by atoms with van der Waals surface area (Å²) in [7, 11) is 0. The molecule has 0 saturated carbocycles. The molecule has 3 aromatic rings. The zero-order valence-electron chi connectivity index (χ0n) is 15.1. The first-order valence-corrected chi connectivity index (χ1v) is 8.33. The highest BCUT2D eigenvalue weighted by Crippen LogP contribution is 2.30. The van der Waals surface area contributed by atoms with Gasteiger partial charge in [-0.2, -0.15) is 13.2 Å². The molecule has 0 aliphatic heterocycles. The van der Waals surface area contributed by atoms with Gasteiger partial charge in [-0.1, -0.05) is 12.1 Å². The number of carbonyl (C=O) groups is 1. The summed E-state index contributed by atoms with van der Waals surface area (Å²) < 4.78 is 39.8. The highest BCUT2D eigenvalue weighted by molar-refractivity contribution is 5.80. The summed E-state index contributed by atoms with van der Waals surface area (Å²) in [6.45, 7) is 5.71. The van der Waals surface area contributed by atoms with Crippen LogP contribution in [0.1, 0.15) is 26.3 Å². The maximum absolute atomic E-state index is 12.7. The number of pyridine rings is 1. The minimum Gasteiger partial charge on any atom is -0.350 e. The summed E-state index contributed by atoms with van der Waals surface area (Å²) in [6.07, 6.45) is -2.86. The van der Waals surface area contributed by atoms with Gasteiger partial charge in [-0.05, 0) is 45.0 Å². The molecule has 2 aromatic heterocycles. The summed E-state index contributed by atoms with van der Waals surface area (Å²) in [6, 6.07) is 8.23. The van der Waals surface area contributed by atoms with Crippen LogP contribution in [-0.4, -0.2) is 26.0 Å². The molecule has 27 heavy (non-hydrogen) atoms. The lowest BCUT2D eigenvalue weighted by molar-refractivity contribution is -0.137. The summed E-state index contributed by atoms with van der Waals surface area (Å²) in [5, 5.41) is 2.87. The van der Waals surface area contributed by atoms with Gasteiger partial charge in [0, 0.05) is 11.1 Å². The van der Waals surface area contributed by atoms with Crippen molar-refractivity contribution in [1.82, 2.24) is 19.9 Å². The summed E-state index contributed by atoms with van der Waals surface area (Å²) in [4.78, 5) is 20.9. The quantitative estimate of drug-likeness (QED) is 0.751. The highest BCUT2D eigenvalue weighted by Gasteiger charge is 2.30. The van der Waals surface area contributed by atoms with E-state index in [4.69, 9.17) is 0 Å². The van der Waals surface area contributed by atoms with E-state index in [1.165, 1.54) is 18.5 Å². The number of nitrogens with one attached hydrogen (secondary N) is 1. The number of alkyl halides is 3. The third-order valence-corrected chi connectivity index (χ3v) is 3.80. The van der Waals surface area contributed by atoms with Crippen LogP contribution in [0.25, 0.3) is 22.4 Å². The molecule has 0 saturated heterocycles. The van der Waals surface area contributed by atoms with E-state index in [1.54, 1.807) is 16.7 Å². The monoisotopic (exact) mass is 376 g/mol. The van der Waals surface area contributed by atoms with E-state index in [9.17, 15) is 18.0 Å². The molecule has 142 valence electrons. The number of amides is 1. The van der Waals surface area contributed by atoms with E-state index >= 15 is 0 Å². The van der Waals surface area contributed by atoms with E-state index in [1.807, 2.05) is 20.8 Å². The molecule has 1 amide bonds. The molecule has 0 aliphatic carbocycles. The van der Waals surface area contributed by atoms with Crippen molar-refractivity contribution in [2.45, 2.75) is 39.0 Å². The number of hydrogen-bond acceptors (Lipinski definition) is 3. The maximum atomic E-state index is 12.7. The lowest BCUT2D eigenvalue weighted by atomic mass is 10.1. The fourth-order valence-corrected chi connectivity index (χ4v) is 2.66.